The van der Waals surface area contributed by atoms with Crippen molar-refractivity contribution in [3.63, 3.8) is 0 Å². The van der Waals surface area contributed by atoms with Crippen LogP contribution in [0.25, 0.3) is 10.6 Å². The lowest BCUT2D eigenvalue weighted by atomic mass is 10.1. The van der Waals surface area contributed by atoms with Gasteiger partial charge in [0.1, 0.15) is 10.7 Å². The van der Waals surface area contributed by atoms with Gasteiger partial charge in [0.2, 0.25) is 5.91 Å². The van der Waals surface area contributed by atoms with Crippen molar-refractivity contribution in [1.82, 2.24) is 20.5 Å². The van der Waals surface area contributed by atoms with Crippen molar-refractivity contribution in [2.75, 3.05) is 19.6 Å². The van der Waals surface area contributed by atoms with Gasteiger partial charge < -0.3 is 15.5 Å². The minimum atomic E-state index is -0.268. The fourth-order valence-corrected chi connectivity index (χ4v) is 4.07. The Hall–Kier alpha value is -3.23. The van der Waals surface area contributed by atoms with Crippen LogP contribution in [0.1, 0.15) is 26.4 Å². The summed E-state index contributed by atoms with van der Waals surface area (Å²) >= 11 is 7.30. The standard InChI is InChI=1S/C22H19ClN4O3S/c23-17-7-5-15(6-8-17)21-26-18(13-31-21)20(29)25-11-14-1-3-16(4-2-14)22(30)27-10-9-24-19(28)12-27/h1-8,13H,9-12H2,(H,24,28)(H,25,29). The maximum Gasteiger partial charge on any atom is 0.271 e. The Kier molecular flexibility index (Phi) is 6.29. The van der Waals surface area contributed by atoms with Crippen LogP contribution in [0.15, 0.2) is 53.9 Å². The number of nitrogens with zero attached hydrogens (tertiary/aromatic N) is 2. The zero-order valence-corrected chi connectivity index (χ0v) is 18.0. The van der Waals surface area contributed by atoms with E-state index < -0.39 is 0 Å². The molecule has 1 saturated heterocycles. The van der Waals surface area contributed by atoms with Crippen molar-refractivity contribution >= 4 is 40.7 Å². The summed E-state index contributed by atoms with van der Waals surface area (Å²) < 4.78 is 0. The van der Waals surface area contributed by atoms with Crippen LogP contribution in [-0.4, -0.2) is 47.2 Å². The summed E-state index contributed by atoms with van der Waals surface area (Å²) in [4.78, 5) is 42.3. The van der Waals surface area contributed by atoms with Crippen LogP contribution in [0, 0.1) is 0 Å². The Labute approximate surface area is 188 Å². The van der Waals surface area contributed by atoms with Crippen molar-refractivity contribution in [3.05, 3.63) is 75.8 Å². The first-order chi connectivity index (χ1) is 15.0. The van der Waals surface area contributed by atoms with E-state index in [0.29, 0.717) is 35.9 Å². The Balaban J connectivity index is 1.34. The van der Waals surface area contributed by atoms with Crippen LogP contribution in [-0.2, 0) is 11.3 Å². The summed E-state index contributed by atoms with van der Waals surface area (Å²) in [6, 6.07) is 14.3. The van der Waals surface area contributed by atoms with Gasteiger partial charge >= 0.3 is 0 Å². The molecule has 0 aliphatic carbocycles. The second-order valence-electron chi connectivity index (χ2n) is 7.00. The van der Waals surface area contributed by atoms with Gasteiger partial charge in [-0.05, 0) is 29.8 Å². The quantitative estimate of drug-likeness (QED) is 0.620. The van der Waals surface area contributed by atoms with Crippen LogP contribution in [0.4, 0.5) is 0 Å². The first kappa shape index (κ1) is 21.0. The molecule has 2 N–H and O–H groups in total. The summed E-state index contributed by atoms with van der Waals surface area (Å²) in [5.74, 6) is -0.598. The number of aromatic nitrogens is 1. The van der Waals surface area contributed by atoms with Crippen LogP contribution < -0.4 is 10.6 Å². The highest BCUT2D eigenvalue weighted by atomic mass is 35.5. The van der Waals surface area contributed by atoms with Gasteiger partial charge in [-0.1, -0.05) is 35.9 Å². The monoisotopic (exact) mass is 454 g/mol. The van der Waals surface area contributed by atoms with E-state index in [1.54, 1.807) is 41.8 Å². The molecular weight excluding hydrogens is 436 g/mol. The fourth-order valence-electron chi connectivity index (χ4n) is 3.14. The third kappa shape index (κ3) is 5.10. The molecule has 158 valence electrons. The molecule has 3 aromatic rings. The highest BCUT2D eigenvalue weighted by molar-refractivity contribution is 7.13. The Bertz CT molecular complexity index is 1110. The minimum absolute atomic E-state index is 0.0717. The summed E-state index contributed by atoms with van der Waals surface area (Å²) in [5.41, 5.74) is 2.62. The van der Waals surface area contributed by atoms with Gasteiger partial charge in [-0.15, -0.1) is 11.3 Å². The number of halogens is 1. The number of amides is 3. The molecular formula is C22H19ClN4O3S. The lowest BCUT2D eigenvalue weighted by molar-refractivity contribution is -0.123. The topological polar surface area (TPSA) is 91.4 Å². The number of rotatable bonds is 5. The number of benzene rings is 2. The number of hydrogen-bond donors (Lipinski definition) is 2. The molecule has 1 fully saturated rings. The molecule has 0 saturated carbocycles. The van der Waals surface area contributed by atoms with Crippen molar-refractivity contribution < 1.29 is 14.4 Å². The normalized spacial score (nSPS) is 13.6. The summed E-state index contributed by atoms with van der Waals surface area (Å²) in [6.45, 7) is 1.34. The zero-order chi connectivity index (χ0) is 21.8. The molecule has 31 heavy (non-hydrogen) atoms. The molecule has 2 heterocycles. The molecule has 0 spiro atoms. The van der Waals surface area contributed by atoms with E-state index in [1.807, 2.05) is 12.1 Å². The van der Waals surface area contributed by atoms with Gasteiger partial charge in [0.15, 0.2) is 0 Å². The van der Waals surface area contributed by atoms with E-state index in [1.165, 1.54) is 16.2 Å². The maximum absolute atomic E-state index is 12.5. The highest BCUT2D eigenvalue weighted by Crippen LogP contribution is 2.25. The van der Waals surface area contributed by atoms with E-state index in [4.69, 9.17) is 11.6 Å². The number of carbonyl (C=O) groups excluding carboxylic acids is 3. The van der Waals surface area contributed by atoms with Crippen LogP contribution >= 0.6 is 22.9 Å². The molecule has 1 aliphatic heterocycles. The molecule has 7 nitrogen and oxygen atoms in total. The molecule has 1 aliphatic rings. The van der Waals surface area contributed by atoms with E-state index in [-0.39, 0.29) is 24.3 Å². The van der Waals surface area contributed by atoms with Crippen LogP contribution in [0.2, 0.25) is 5.02 Å². The number of hydrogen-bond acceptors (Lipinski definition) is 5. The Morgan fingerprint density at radius 1 is 1.13 bits per heavy atom. The van der Waals surface area contributed by atoms with Gasteiger partial charge in [0, 0.05) is 41.2 Å². The van der Waals surface area contributed by atoms with Gasteiger partial charge in [0.05, 0.1) is 6.54 Å². The SMILES string of the molecule is O=C1CN(C(=O)c2ccc(CNC(=O)c3csc(-c4ccc(Cl)cc4)n3)cc2)CCN1. The van der Waals surface area contributed by atoms with Gasteiger partial charge in [0.25, 0.3) is 11.8 Å². The van der Waals surface area contributed by atoms with Crippen LogP contribution in [0.5, 0.6) is 0 Å². The highest BCUT2D eigenvalue weighted by Gasteiger charge is 2.22. The number of carbonyl (C=O) groups is 3. The largest absolute Gasteiger partial charge is 0.353 e. The first-order valence-electron chi connectivity index (χ1n) is 9.64. The van der Waals surface area contributed by atoms with Crippen molar-refractivity contribution in [2.24, 2.45) is 0 Å². The van der Waals surface area contributed by atoms with Crippen molar-refractivity contribution in [3.8, 4) is 10.6 Å². The van der Waals surface area contributed by atoms with Gasteiger partial charge in [-0.25, -0.2) is 4.98 Å². The minimum Gasteiger partial charge on any atom is -0.353 e. The predicted octanol–water partition coefficient (Wildman–Crippen LogP) is 2.97. The third-order valence-electron chi connectivity index (χ3n) is 4.81. The number of thiazole rings is 1. The van der Waals surface area contributed by atoms with Crippen LogP contribution in [0.3, 0.4) is 0 Å². The Morgan fingerprint density at radius 2 is 1.87 bits per heavy atom. The second-order valence-corrected chi connectivity index (χ2v) is 8.30. The maximum atomic E-state index is 12.5. The predicted molar refractivity (Wildman–Crippen MR) is 119 cm³/mol. The zero-order valence-electron chi connectivity index (χ0n) is 16.4. The van der Waals surface area contributed by atoms with E-state index >= 15 is 0 Å². The average Bonchev–Trinajstić information content (AvgIpc) is 3.28. The molecule has 0 atom stereocenters. The molecule has 4 rings (SSSR count). The molecule has 3 amide bonds. The average molecular weight is 455 g/mol. The fraction of sp³-hybridized carbons (Fsp3) is 0.182. The van der Waals surface area contributed by atoms with Gasteiger partial charge in [-0.3, -0.25) is 14.4 Å². The summed E-state index contributed by atoms with van der Waals surface area (Å²) in [7, 11) is 0. The first-order valence-corrected chi connectivity index (χ1v) is 10.9. The number of nitrogens with one attached hydrogen (secondary N) is 2. The van der Waals surface area contributed by atoms with E-state index in [2.05, 4.69) is 15.6 Å². The summed E-state index contributed by atoms with van der Waals surface area (Å²) in [6.07, 6.45) is 0. The molecule has 0 unspecified atom stereocenters. The second kappa shape index (κ2) is 9.28. The molecule has 0 bridgehead atoms. The lowest BCUT2D eigenvalue weighted by Gasteiger charge is -2.26. The van der Waals surface area contributed by atoms with E-state index in [0.717, 1.165) is 16.1 Å². The molecule has 0 radical (unpaired) electrons. The third-order valence-corrected chi connectivity index (χ3v) is 5.95. The van der Waals surface area contributed by atoms with Crippen molar-refractivity contribution in [2.45, 2.75) is 6.54 Å². The smallest absolute Gasteiger partial charge is 0.271 e. The van der Waals surface area contributed by atoms with Gasteiger partial charge in [-0.2, -0.15) is 0 Å². The summed E-state index contributed by atoms with van der Waals surface area (Å²) in [5, 5.41) is 8.65. The number of piperazine rings is 1. The lowest BCUT2D eigenvalue weighted by Crippen LogP contribution is -2.49. The Morgan fingerprint density at radius 3 is 2.58 bits per heavy atom. The molecule has 1 aromatic heterocycles. The van der Waals surface area contributed by atoms with Crippen molar-refractivity contribution in [1.29, 1.82) is 0 Å². The van der Waals surface area contributed by atoms with E-state index in [9.17, 15) is 14.4 Å². The molecule has 2 aromatic carbocycles. The molecule has 9 heteroatoms.